The minimum absolute atomic E-state index is 0.000837. The number of nitrogens with zero attached hydrogens (tertiary/aromatic N) is 1. The lowest BCUT2D eigenvalue weighted by Gasteiger charge is -2.16. The molecule has 2 amide bonds. The Morgan fingerprint density at radius 2 is 2.25 bits per heavy atom. The summed E-state index contributed by atoms with van der Waals surface area (Å²) in [6, 6.07) is 3.83. The standard InChI is InChI=1S/C13H14BrFN2O3/c14-10-2-1-9(15)5-11(10)16-12(19)13(20)17-4-3-8(6-17)7-18/h1-2,5,8,18H,3-4,6-7H2,(H,16,19). The molecular formula is C13H14BrFN2O3. The lowest BCUT2D eigenvalue weighted by atomic mass is 10.1. The number of amides is 2. The van der Waals surface area contributed by atoms with Crippen LogP contribution in [0.15, 0.2) is 22.7 Å². The summed E-state index contributed by atoms with van der Waals surface area (Å²) in [6.45, 7) is 0.815. The fourth-order valence-corrected chi connectivity index (χ4v) is 2.42. The van der Waals surface area contributed by atoms with Crippen LogP contribution in [0, 0.1) is 11.7 Å². The van der Waals surface area contributed by atoms with Gasteiger partial charge in [-0.2, -0.15) is 0 Å². The zero-order chi connectivity index (χ0) is 14.7. The predicted molar refractivity (Wildman–Crippen MR) is 74.5 cm³/mol. The number of aliphatic hydroxyl groups is 1. The van der Waals surface area contributed by atoms with E-state index in [2.05, 4.69) is 21.2 Å². The number of nitrogens with one attached hydrogen (secondary N) is 1. The Balaban J connectivity index is 2.01. The van der Waals surface area contributed by atoms with Gasteiger partial charge in [-0.05, 0) is 40.5 Å². The highest BCUT2D eigenvalue weighted by Gasteiger charge is 2.29. The molecule has 1 fully saturated rings. The third-order valence-corrected chi connectivity index (χ3v) is 3.89. The van der Waals surface area contributed by atoms with Crippen molar-refractivity contribution in [2.24, 2.45) is 5.92 Å². The topological polar surface area (TPSA) is 69.6 Å². The molecule has 0 spiro atoms. The molecule has 0 radical (unpaired) electrons. The Bertz CT molecular complexity index is 538. The quantitative estimate of drug-likeness (QED) is 0.796. The first kappa shape index (κ1) is 14.9. The second kappa shape index (κ2) is 6.32. The maximum absolute atomic E-state index is 13.1. The highest BCUT2D eigenvalue weighted by Crippen LogP contribution is 2.23. The zero-order valence-corrected chi connectivity index (χ0v) is 12.2. The van der Waals surface area contributed by atoms with Crippen molar-refractivity contribution in [2.45, 2.75) is 6.42 Å². The van der Waals surface area contributed by atoms with Gasteiger partial charge in [0.1, 0.15) is 5.82 Å². The molecule has 20 heavy (non-hydrogen) atoms. The molecule has 1 atom stereocenters. The van der Waals surface area contributed by atoms with Gasteiger partial charge in [0.2, 0.25) is 0 Å². The van der Waals surface area contributed by atoms with Gasteiger partial charge in [0.25, 0.3) is 0 Å². The van der Waals surface area contributed by atoms with Crippen molar-refractivity contribution >= 4 is 33.4 Å². The van der Waals surface area contributed by atoms with Crippen molar-refractivity contribution in [1.82, 2.24) is 4.90 Å². The van der Waals surface area contributed by atoms with E-state index >= 15 is 0 Å². The van der Waals surface area contributed by atoms with Crippen LogP contribution < -0.4 is 5.32 Å². The van der Waals surface area contributed by atoms with Crippen LogP contribution in [0.1, 0.15) is 6.42 Å². The first-order valence-corrected chi connectivity index (χ1v) is 6.96. The van der Waals surface area contributed by atoms with E-state index in [1.165, 1.54) is 17.0 Å². The Kier molecular flexibility index (Phi) is 4.72. The van der Waals surface area contributed by atoms with Gasteiger partial charge in [0.05, 0.1) is 5.69 Å². The summed E-state index contributed by atoms with van der Waals surface area (Å²) in [5.74, 6) is -1.96. The normalized spacial score (nSPS) is 18.1. The molecule has 5 nitrogen and oxygen atoms in total. The van der Waals surface area contributed by atoms with Gasteiger partial charge >= 0.3 is 11.8 Å². The molecule has 1 aliphatic rings. The second-order valence-corrected chi connectivity index (χ2v) is 5.52. The summed E-state index contributed by atoms with van der Waals surface area (Å²) in [6.07, 6.45) is 0.680. The van der Waals surface area contributed by atoms with Crippen LogP contribution in [-0.2, 0) is 9.59 Å². The van der Waals surface area contributed by atoms with Crippen molar-refractivity contribution in [2.75, 3.05) is 25.0 Å². The summed E-state index contributed by atoms with van der Waals surface area (Å²) in [7, 11) is 0. The van der Waals surface area contributed by atoms with Crippen molar-refractivity contribution in [1.29, 1.82) is 0 Å². The molecular weight excluding hydrogens is 331 g/mol. The fraction of sp³-hybridized carbons (Fsp3) is 0.385. The molecule has 1 unspecified atom stereocenters. The largest absolute Gasteiger partial charge is 0.396 e. The molecule has 2 N–H and O–H groups in total. The van der Waals surface area contributed by atoms with Crippen LogP contribution >= 0.6 is 15.9 Å². The molecule has 0 bridgehead atoms. The Morgan fingerprint density at radius 1 is 1.50 bits per heavy atom. The van der Waals surface area contributed by atoms with Gasteiger partial charge in [0.15, 0.2) is 0 Å². The summed E-state index contributed by atoms with van der Waals surface area (Å²) < 4.78 is 13.6. The van der Waals surface area contributed by atoms with Crippen molar-refractivity contribution in [3.05, 3.63) is 28.5 Å². The molecule has 1 heterocycles. The van der Waals surface area contributed by atoms with E-state index in [9.17, 15) is 14.0 Å². The van der Waals surface area contributed by atoms with Gasteiger partial charge in [-0.3, -0.25) is 9.59 Å². The van der Waals surface area contributed by atoms with E-state index in [0.29, 0.717) is 24.0 Å². The minimum Gasteiger partial charge on any atom is -0.396 e. The maximum atomic E-state index is 13.1. The number of carbonyl (C=O) groups is 2. The number of aliphatic hydroxyl groups excluding tert-OH is 1. The molecule has 1 aromatic rings. The van der Waals surface area contributed by atoms with Crippen LogP contribution in [0.2, 0.25) is 0 Å². The molecule has 7 heteroatoms. The van der Waals surface area contributed by atoms with E-state index in [-0.39, 0.29) is 18.2 Å². The lowest BCUT2D eigenvalue weighted by molar-refractivity contribution is -0.142. The number of carbonyl (C=O) groups excluding carboxylic acids is 2. The Morgan fingerprint density at radius 3 is 2.90 bits per heavy atom. The monoisotopic (exact) mass is 344 g/mol. The van der Waals surface area contributed by atoms with Gasteiger partial charge in [0, 0.05) is 30.1 Å². The SMILES string of the molecule is O=C(Nc1cc(F)ccc1Br)C(=O)N1CCC(CO)C1. The highest BCUT2D eigenvalue weighted by atomic mass is 79.9. The number of halogens is 2. The number of rotatable bonds is 2. The second-order valence-electron chi connectivity index (χ2n) is 4.67. The first-order valence-electron chi connectivity index (χ1n) is 6.17. The van der Waals surface area contributed by atoms with E-state index in [1.54, 1.807) is 0 Å². The first-order chi connectivity index (χ1) is 9.51. The highest BCUT2D eigenvalue weighted by molar-refractivity contribution is 9.10. The average Bonchev–Trinajstić information content (AvgIpc) is 2.90. The van der Waals surface area contributed by atoms with Crippen molar-refractivity contribution in [3.63, 3.8) is 0 Å². The van der Waals surface area contributed by atoms with Gasteiger partial charge in [-0.1, -0.05) is 0 Å². The van der Waals surface area contributed by atoms with Crippen molar-refractivity contribution in [3.8, 4) is 0 Å². The third-order valence-electron chi connectivity index (χ3n) is 3.20. The number of benzene rings is 1. The van der Waals surface area contributed by atoms with Gasteiger partial charge in [-0.15, -0.1) is 0 Å². The number of hydrogen-bond acceptors (Lipinski definition) is 3. The Labute approximate surface area is 123 Å². The predicted octanol–water partition coefficient (Wildman–Crippen LogP) is 1.37. The molecule has 108 valence electrons. The zero-order valence-electron chi connectivity index (χ0n) is 10.6. The fourth-order valence-electron chi connectivity index (χ4n) is 2.08. The Hall–Kier alpha value is -1.47. The maximum Gasteiger partial charge on any atom is 0.313 e. The molecule has 1 aromatic carbocycles. The molecule has 1 saturated heterocycles. The molecule has 1 aliphatic heterocycles. The van der Waals surface area contributed by atoms with Crippen LogP contribution in [0.25, 0.3) is 0 Å². The number of hydrogen-bond donors (Lipinski definition) is 2. The lowest BCUT2D eigenvalue weighted by Crippen LogP contribution is -2.38. The third kappa shape index (κ3) is 3.34. The van der Waals surface area contributed by atoms with Gasteiger partial charge < -0.3 is 15.3 Å². The van der Waals surface area contributed by atoms with Crippen LogP contribution in [-0.4, -0.2) is 41.5 Å². The van der Waals surface area contributed by atoms with E-state index < -0.39 is 17.6 Å². The van der Waals surface area contributed by atoms with E-state index in [0.717, 1.165) is 6.07 Å². The van der Waals surface area contributed by atoms with Crippen molar-refractivity contribution < 1.29 is 19.1 Å². The van der Waals surface area contributed by atoms with Gasteiger partial charge in [-0.25, -0.2) is 4.39 Å². The molecule has 2 rings (SSSR count). The molecule has 0 aromatic heterocycles. The van der Waals surface area contributed by atoms with E-state index in [4.69, 9.17) is 5.11 Å². The van der Waals surface area contributed by atoms with Crippen LogP contribution in [0.3, 0.4) is 0 Å². The molecule has 0 aliphatic carbocycles. The van der Waals surface area contributed by atoms with E-state index in [1.807, 2.05) is 0 Å². The summed E-state index contributed by atoms with van der Waals surface area (Å²) in [4.78, 5) is 25.2. The minimum atomic E-state index is -0.810. The number of likely N-dealkylation sites (tertiary alicyclic amines) is 1. The summed E-state index contributed by atoms with van der Waals surface area (Å²) in [5, 5.41) is 11.4. The number of anilines is 1. The molecule has 0 saturated carbocycles. The summed E-state index contributed by atoms with van der Waals surface area (Å²) >= 11 is 3.17. The van der Waals surface area contributed by atoms with Crippen LogP contribution in [0.4, 0.5) is 10.1 Å². The van der Waals surface area contributed by atoms with Crippen LogP contribution in [0.5, 0.6) is 0 Å². The average molecular weight is 345 g/mol. The smallest absolute Gasteiger partial charge is 0.313 e. The summed E-state index contributed by atoms with van der Waals surface area (Å²) in [5.41, 5.74) is 0.209.